The first-order valence-electron chi connectivity index (χ1n) is 9.85. The predicted octanol–water partition coefficient (Wildman–Crippen LogP) is 3.98. The topological polar surface area (TPSA) is 80.6 Å². The average Bonchev–Trinajstić information content (AvgIpc) is 3.45. The fourth-order valence-electron chi connectivity index (χ4n) is 4.26. The number of carbonyl (C=O) groups is 1. The lowest BCUT2D eigenvalue weighted by Crippen LogP contribution is -2.26. The highest BCUT2D eigenvalue weighted by molar-refractivity contribution is 7.15. The summed E-state index contributed by atoms with van der Waals surface area (Å²) >= 11 is 1.77. The Bertz CT molecular complexity index is 1210. The van der Waals surface area contributed by atoms with Gasteiger partial charge in [-0.2, -0.15) is 0 Å². The molecule has 6 nitrogen and oxygen atoms in total. The molecule has 1 unspecified atom stereocenters. The number of pyridine rings is 1. The third-order valence-corrected chi connectivity index (χ3v) is 7.14. The SMILES string of the molecule is COc1c(-c2cc3c(s2)CCNC3C)ccc2c(=O)c(C(=O)O)cn(C3CC3)c12. The molecule has 1 saturated carbocycles. The number of rotatable bonds is 4. The van der Waals surface area contributed by atoms with Crippen molar-refractivity contribution in [3.05, 3.63) is 50.6 Å². The number of hydrogen-bond acceptors (Lipinski definition) is 5. The predicted molar refractivity (Wildman–Crippen MR) is 113 cm³/mol. The van der Waals surface area contributed by atoms with Crippen molar-refractivity contribution >= 4 is 28.2 Å². The van der Waals surface area contributed by atoms with Gasteiger partial charge in [0.15, 0.2) is 5.75 Å². The summed E-state index contributed by atoms with van der Waals surface area (Å²) in [7, 11) is 1.61. The van der Waals surface area contributed by atoms with E-state index >= 15 is 0 Å². The van der Waals surface area contributed by atoms with Crippen LogP contribution >= 0.6 is 11.3 Å². The van der Waals surface area contributed by atoms with Crippen LogP contribution in [0.1, 0.15) is 52.6 Å². The molecule has 1 aliphatic heterocycles. The van der Waals surface area contributed by atoms with Crippen molar-refractivity contribution in [2.45, 2.75) is 38.3 Å². The largest absolute Gasteiger partial charge is 0.494 e. The van der Waals surface area contributed by atoms with Crippen LogP contribution in [0.25, 0.3) is 21.3 Å². The molecule has 0 amide bonds. The first-order chi connectivity index (χ1) is 14.0. The fraction of sp³-hybridized carbons (Fsp3) is 0.364. The molecule has 0 radical (unpaired) electrons. The molecule has 7 heteroatoms. The third kappa shape index (κ3) is 2.88. The van der Waals surface area contributed by atoms with Crippen LogP contribution in [0.2, 0.25) is 0 Å². The number of nitrogens with one attached hydrogen (secondary N) is 1. The zero-order valence-corrected chi connectivity index (χ0v) is 17.1. The van der Waals surface area contributed by atoms with Gasteiger partial charge in [-0.1, -0.05) is 0 Å². The van der Waals surface area contributed by atoms with E-state index in [1.165, 1.54) is 16.6 Å². The Morgan fingerprint density at radius 3 is 2.79 bits per heavy atom. The number of benzene rings is 1. The quantitative estimate of drug-likeness (QED) is 0.680. The summed E-state index contributed by atoms with van der Waals surface area (Å²) in [6, 6.07) is 6.38. The van der Waals surface area contributed by atoms with Crippen molar-refractivity contribution in [2.24, 2.45) is 0 Å². The van der Waals surface area contributed by atoms with Gasteiger partial charge in [0.25, 0.3) is 0 Å². The molecule has 1 fully saturated rings. The Labute approximate surface area is 171 Å². The van der Waals surface area contributed by atoms with Crippen LogP contribution in [0, 0.1) is 0 Å². The van der Waals surface area contributed by atoms with E-state index in [4.69, 9.17) is 4.74 Å². The molecule has 0 bridgehead atoms. The van der Waals surface area contributed by atoms with Gasteiger partial charge in [0.1, 0.15) is 5.56 Å². The second-order valence-corrected chi connectivity index (χ2v) is 8.91. The third-order valence-electron chi connectivity index (χ3n) is 5.90. The summed E-state index contributed by atoms with van der Waals surface area (Å²) in [6.45, 7) is 3.15. The van der Waals surface area contributed by atoms with Crippen LogP contribution in [0.3, 0.4) is 0 Å². The molecule has 2 aromatic heterocycles. The van der Waals surface area contributed by atoms with E-state index in [0.29, 0.717) is 22.7 Å². The van der Waals surface area contributed by atoms with Gasteiger partial charge >= 0.3 is 5.97 Å². The summed E-state index contributed by atoms with van der Waals surface area (Å²) in [5.41, 5.74) is 2.31. The number of aromatic carboxylic acids is 1. The molecular weight excluding hydrogens is 388 g/mol. The Hall–Kier alpha value is -2.64. The minimum absolute atomic E-state index is 0.189. The van der Waals surface area contributed by atoms with E-state index in [-0.39, 0.29) is 11.6 Å². The summed E-state index contributed by atoms with van der Waals surface area (Å²) in [5, 5.41) is 13.4. The minimum atomic E-state index is -1.19. The molecule has 3 aromatic rings. The molecular formula is C22H22N2O4S. The molecule has 29 heavy (non-hydrogen) atoms. The maximum atomic E-state index is 12.8. The highest BCUT2D eigenvalue weighted by Crippen LogP contribution is 2.45. The van der Waals surface area contributed by atoms with Crippen LogP contribution in [-0.2, 0) is 6.42 Å². The molecule has 1 aliphatic carbocycles. The van der Waals surface area contributed by atoms with Gasteiger partial charge in [-0.15, -0.1) is 11.3 Å². The Balaban J connectivity index is 1.79. The Morgan fingerprint density at radius 1 is 1.34 bits per heavy atom. The van der Waals surface area contributed by atoms with Crippen molar-refractivity contribution in [3.63, 3.8) is 0 Å². The number of aromatic nitrogens is 1. The van der Waals surface area contributed by atoms with Gasteiger partial charge in [-0.3, -0.25) is 4.79 Å². The first kappa shape index (κ1) is 18.4. The number of carboxylic acid groups (broad SMARTS) is 1. The van der Waals surface area contributed by atoms with Gasteiger partial charge in [0.2, 0.25) is 5.43 Å². The second kappa shape index (κ2) is 6.71. The maximum Gasteiger partial charge on any atom is 0.341 e. The first-order valence-corrected chi connectivity index (χ1v) is 10.7. The maximum absolute atomic E-state index is 12.8. The number of ether oxygens (including phenoxy) is 1. The van der Waals surface area contributed by atoms with Crippen molar-refractivity contribution < 1.29 is 14.6 Å². The van der Waals surface area contributed by atoms with E-state index in [1.54, 1.807) is 24.5 Å². The van der Waals surface area contributed by atoms with E-state index < -0.39 is 11.4 Å². The molecule has 2 aliphatic rings. The van der Waals surface area contributed by atoms with Crippen LogP contribution < -0.4 is 15.5 Å². The van der Waals surface area contributed by atoms with Gasteiger partial charge in [-0.25, -0.2) is 4.79 Å². The monoisotopic (exact) mass is 410 g/mol. The Kier molecular flexibility index (Phi) is 4.26. The zero-order chi connectivity index (χ0) is 20.3. The van der Waals surface area contributed by atoms with Gasteiger partial charge in [-0.05, 0) is 49.9 Å². The van der Waals surface area contributed by atoms with Crippen molar-refractivity contribution in [1.82, 2.24) is 9.88 Å². The lowest BCUT2D eigenvalue weighted by atomic mass is 10.0. The highest BCUT2D eigenvalue weighted by atomic mass is 32.1. The molecule has 150 valence electrons. The van der Waals surface area contributed by atoms with Crippen LogP contribution in [0.5, 0.6) is 5.75 Å². The normalized spacial score (nSPS) is 18.6. The standard InChI is InChI=1S/C22H22N2O4S/c1-11-15-9-18(29-17(15)7-8-23-11)13-5-6-14-19(21(13)28-2)24(12-3-4-12)10-16(20(14)25)22(26)27/h5-6,9-12,23H,3-4,7-8H2,1-2H3,(H,26,27). The summed E-state index contributed by atoms with van der Waals surface area (Å²) in [5.74, 6) is -0.551. The lowest BCUT2D eigenvalue weighted by molar-refractivity contribution is 0.0695. The van der Waals surface area contributed by atoms with E-state index in [1.807, 2.05) is 10.6 Å². The molecule has 0 saturated heterocycles. The summed E-state index contributed by atoms with van der Waals surface area (Å²) < 4.78 is 7.76. The van der Waals surface area contributed by atoms with Gasteiger partial charge < -0.3 is 19.7 Å². The van der Waals surface area contributed by atoms with E-state index in [0.717, 1.165) is 36.2 Å². The van der Waals surface area contributed by atoms with Crippen molar-refractivity contribution in [1.29, 1.82) is 0 Å². The average molecular weight is 410 g/mol. The molecule has 3 heterocycles. The smallest absolute Gasteiger partial charge is 0.341 e. The number of carboxylic acids is 1. The van der Waals surface area contributed by atoms with Crippen molar-refractivity contribution in [3.8, 4) is 16.2 Å². The number of thiophene rings is 1. The van der Waals surface area contributed by atoms with Crippen LogP contribution in [-0.4, -0.2) is 29.3 Å². The number of hydrogen-bond donors (Lipinski definition) is 2. The highest BCUT2D eigenvalue weighted by Gasteiger charge is 2.29. The molecule has 5 rings (SSSR count). The van der Waals surface area contributed by atoms with Gasteiger partial charge in [0.05, 0.1) is 18.0 Å². The molecule has 0 spiro atoms. The number of methoxy groups -OCH3 is 1. The van der Waals surface area contributed by atoms with E-state index in [2.05, 4.69) is 18.3 Å². The molecule has 2 N–H and O–H groups in total. The molecule has 1 aromatic carbocycles. The fourth-order valence-corrected chi connectivity index (χ4v) is 5.54. The molecule has 1 atom stereocenters. The van der Waals surface area contributed by atoms with Crippen LogP contribution in [0.15, 0.2) is 29.2 Å². The van der Waals surface area contributed by atoms with E-state index in [9.17, 15) is 14.7 Å². The van der Waals surface area contributed by atoms with Gasteiger partial charge in [0, 0.05) is 40.1 Å². The number of nitrogens with zero attached hydrogens (tertiary/aromatic N) is 1. The lowest BCUT2D eigenvalue weighted by Gasteiger charge is -2.19. The minimum Gasteiger partial charge on any atom is -0.494 e. The number of fused-ring (bicyclic) bond motifs is 2. The summed E-state index contributed by atoms with van der Waals surface area (Å²) in [6.07, 6.45) is 4.44. The zero-order valence-electron chi connectivity index (χ0n) is 16.3. The van der Waals surface area contributed by atoms with Crippen molar-refractivity contribution in [2.75, 3.05) is 13.7 Å². The Morgan fingerprint density at radius 2 is 2.14 bits per heavy atom. The second-order valence-electron chi connectivity index (χ2n) is 7.77. The summed E-state index contributed by atoms with van der Waals surface area (Å²) in [4.78, 5) is 26.9. The van der Waals surface area contributed by atoms with Crippen LogP contribution in [0.4, 0.5) is 0 Å².